The van der Waals surface area contributed by atoms with Crippen molar-refractivity contribution in [3.8, 4) is 23.0 Å². The second kappa shape index (κ2) is 7.36. The second-order valence-electron chi connectivity index (χ2n) is 7.94. The fourth-order valence-electron chi connectivity index (χ4n) is 4.05. The summed E-state index contributed by atoms with van der Waals surface area (Å²) < 4.78 is 0. The van der Waals surface area contributed by atoms with Gasteiger partial charge in [0.2, 0.25) is 0 Å². The number of hydrogen-bond acceptors (Lipinski definition) is 4. The molecular formula is C25H28O4. The van der Waals surface area contributed by atoms with E-state index in [9.17, 15) is 20.4 Å². The molecule has 0 saturated heterocycles. The minimum absolute atomic E-state index is 0.169. The number of aromatic hydroxyl groups is 4. The molecule has 0 atom stereocenters. The van der Waals surface area contributed by atoms with Crippen molar-refractivity contribution in [2.75, 3.05) is 0 Å². The van der Waals surface area contributed by atoms with Gasteiger partial charge < -0.3 is 20.4 Å². The molecule has 29 heavy (non-hydrogen) atoms. The van der Waals surface area contributed by atoms with Crippen molar-refractivity contribution < 1.29 is 20.4 Å². The summed E-state index contributed by atoms with van der Waals surface area (Å²) in [6.45, 7) is 11.5. The molecule has 0 aromatic heterocycles. The topological polar surface area (TPSA) is 80.9 Å². The van der Waals surface area contributed by atoms with Crippen LogP contribution in [-0.4, -0.2) is 20.4 Å². The van der Waals surface area contributed by atoms with Crippen LogP contribution in [0.25, 0.3) is 0 Å². The Morgan fingerprint density at radius 2 is 1.00 bits per heavy atom. The molecule has 3 aromatic carbocycles. The summed E-state index contributed by atoms with van der Waals surface area (Å²) in [7, 11) is 0. The minimum Gasteiger partial charge on any atom is -0.507 e. The number of benzene rings is 3. The van der Waals surface area contributed by atoms with Gasteiger partial charge >= 0.3 is 0 Å². The van der Waals surface area contributed by atoms with Crippen LogP contribution in [-0.2, 0) is 0 Å². The first kappa shape index (κ1) is 20.6. The molecule has 0 aliphatic rings. The van der Waals surface area contributed by atoms with Crippen LogP contribution in [0.2, 0.25) is 0 Å². The Labute approximate surface area is 171 Å². The van der Waals surface area contributed by atoms with Gasteiger partial charge in [-0.05, 0) is 104 Å². The van der Waals surface area contributed by atoms with Gasteiger partial charge in [-0.15, -0.1) is 0 Å². The van der Waals surface area contributed by atoms with E-state index in [1.54, 1.807) is 12.1 Å². The van der Waals surface area contributed by atoms with Crippen LogP contribution in [0.4, 0.5) is 0 Å². The molecule has 4 N–H and O–H groups in total. The van der Waals surface area contributed by atoms with Crippen molar-refractivity contribution >= 4 is 0 Å². The van der Waals surface area contributed by atoms with Gasteiger partial charge in [0, 0.05) is 5.92 Å². The maximum absolute atomic E-state index is 10.4. The number of phenolic OH excluding ortho intramolecular Hbond substituents is 4. The number of hydrogen-bond donors (Lipinski definition) is 4. The highest BCUT2D eigenvalue weighted by Gasteiger charge is 2.25. The van der Waals surface area contributed by atoms with Crippen LogP contribution in [0, 0.1) is 41.5 Å². The van der Waals surface area contributed by atoms with Crippen molar-refractivity contribution in [2.24, 2.45) is 0 Å². The first-order valence-corrected chi connectivity index (χ1v) is 9.65. The highest BCUT2D eigenvalue weighted by Crippen LogP contribution is 2.43. The first-order chi connectivity index (χ1) is 13.5. The van der Waals surface area contributed by atoms with E-state index in [2.05, 4.69) is 0 Å². The molecule has 3 aromatic rings. The molecule has 0 aliphatic heterocycles. The first-order valence-electron chi connectivity index (χ1n) is 9.65. The summed E-state index contributed by atoms with van der Waals surface area (Å²) in [6, 6.07) is 8.82. The quantitative estimate of drug-likeness (QED) is 0.348. The van der Waals surface area contributed by atoms with E-state index in [4.69, 9.17) is 0 Å². The lowest BCUT2D eigenvalue weighted by Crippen LogP contribution is -2.10. The predicted octanol–water partition coefficient (Wildman–Crippen LogP) is 5.54. The zero-order valence-electron chi connectivity index (χ0n) is 17.8. The van der Waals surface area contributed by atoms with Gasteiger partial charge in [0.05, 0.1) is 0 Å². The summed E-state index contributed by atoms with van der Waals surface area (Å²) in [5.74, 6) is -0.0153. The van der Waals surface area contributed by atoms with Gasteiger partial charge in [0.25, 0.3) is 0 Å². The number of phenols is 4. The highest BCUT2D eigenvalue weighted by atomic mass is 16.3. The number of rotatable bonds is 3. The zero-order valence-corrected chi connectivity index (χ0v) is 17.8. The Morgan fingerprint density at radius 3 is 1.41 bits per heavy atom. The molecule has 4 heteroatoms. The van der Waals surface area contributed by atoms with Crippen LogP contribution in [0.5, 0.6) is 23.0 Å². The van der Waals surface area contributed by atoms with Gasteiger partial charge in [-0.3, -0.25) is 0 Å². The van der Waals surface area contributed by atoms with Crippen molar-refractivity contribution in [1.82, 2.24) is 0 Å². The Bertz CT molecular complexity index is 1050. The maximum atomic E-state index is 10.4. The fraction of sp³-hybridized carbons (Fsp3) is 0.280. The largest absolute Gasteiger partial charge is 0.507 e. The molecule has 0 unspecified atom stereocenters. The lowest BCUT2D eigenvalue weighted by atomic mass is 9.78. The zero-order chi connectivity index (χ0) is 21.6. The summed E-state index contributed by atoms with van der Waals surface area (Å²) in [5, 5.41) is 40.7. The third-order valence-electron chi connectivity index (χ3n) is 6.15. The van der Waals surface area contributed by atoms with Gasteiger partial charge in [-0.25, -0.2) is 0 Å². The molecule has 0 saturated carbocycles. The highest BCUT2D eigenvalue weighted by molar-refractivity contribution is 5.59. The smallest absolute Gasteiger partial charge is 0.157 e. The van der Waals surface area contributed by atoms with Crippen LogP contribution in [0.1, 0.15) is 56.0 Å². The van der Waals surface area contributed by atoms with E-state index >= 15 is 0 Å². The third-order valence-corrected chi connectivity index (χ3v) is 6.15. The molecule has 0 bridgehead atoms. The molecule has 0 fully saturated rings. The van der Waals surface area contributed by atoms with Crippen LogP contribution >= 0.6 is 0 Å². The Hall–Kier alpha value is -3.14. The van der Waals surface area contributed by atoms with E-state index in [-0.39, 0.29) is 28.9 Å². The molecular weight excluding hydrogens is 364 g/mol. The lowest BCUT2D eigenvalue weighted by molar-refractivity contribution is 0.403. The Balaban J connectivity index is 2.41. The van der Waals surface area contributed by atoms with Crippen LogP contribution < -0.4 is 0 Å². The van der Waals surface area contributed by atoms with Gasteiger partial charge in [-0.1, -0.05) is 18.2 Å². The van der Waals surface area contributed by atoms with E-state index < -0.39 is 0 Å². The van der Waals surface area contributed by atoms with Gasteiger partial charge in [0.15, 0.2) is 11.5 Å². The van der Waals surface area contributed by atoms with Crippen molar-refractivity contribution in [3.63, 3.8) is 0 Å². The summed E-state index contributed by atoms with van der Waals surface area (Å²) in [5.41, 5.74) is 7.96. The average molecular weight is 392 g/mol. The Morgan fingerprint density at radius 1 is 0.552 bits per heavy atom. The minimum atomic E-state index is -0.238. The molecule has 0 heterocycles. The molecule has 152 valence electrons. The normalized spacial score (nSPS) is 11.3. The average Bonchev–Trinajstić information content (AvgIpc) is 2.69. The lowest BCUT2D eigenvalue weighted by Gasteiger charge is -2.26. The van der Waals surface area contributed by atoms with Crippen molar-refractivity contribution in [1.29, 1.82) is 0 Å². The van der Waals surface area contributed by atoms with Gasteiger partial charge in [-0.2, -0.15) is 0 Å². The van der Waals surface area contributed by atoms with E-state index in [0.717, 1.165) is 50.1 Å². The van der Waals surface area contributed by atoms with E-state index in [0.29, 0.717) is 0 Å². The molecule has 0 spiro atoms. The molecule has 0 radical (unpaired) electrons. The van der Waals surface area contributed by atoms with E-state index in [1.165, 1.54) is 6.07 Å². The van der Waals surface area contributed by atoms with Crippen molar-refractivity contribution in [3.05, 3.63) is 80.4 Å². The summed E-state index contributed by atoms with van der Waals surface area (Å²) >= 11 is 0. The second-order valence-corrected chi connectivity index (χ2v) is 7.94. The van der Waals surface area contributed by atoms with Crippen LogP contribution in [0.15, 0.2) is 30.3 Å². The molecule has 0 aliphatic carbocycles. The standard InChI is InChI=1S/C25H28O4/c1-12-9-19(14(3)16(5)24(12)28)23(18-7-8-21(26)22(27)11-18)20-10-13(2)25(29)17(6)15(20)4/h7-11,23,26-29H,1-6H3. The SMILES string of the molecule is Cc1cc(C(c2ccc(O)c(O)c2)c2cc(C)c(O)c(C)c2C)c(C)c(C)c1O. The summed E-state index contributed by atoms with van der Waals surface area (Å²) in [6.07, 6.45) is 0. The van der Waals surface area contributed by atoms with E-state index in [1.807, 2.05) is 53.7 Å². The van der Waals surface area contributed by atoms with Gasteiger partial charge in [0.1, 0.15) is 11.5 Å². The van der Waals surface area contributed by atoms with Crippen molar-refractivity contribution in [2.45, 2.75) is 47.5 Å². The predicted molar refractivity (Wildman–Crippen MR) is 115 cm³/mol. The molecule has 3 rings (SSSR count). The molecule has 4 nitrogen and oxygen atoms in total. The summed E-state index contributed by atoms with van der Waals surface area (Å²) in [4.78, 5) is 0. The third kappa shape index (κ3) is 3.39. The number of aryl methyl sites for hydroxylation is 2. The fourth-order valence-corrected chi connectivity index (χ4v) is 4.05. The Kier molecular flexibility index (Phi) is 5.22. The monoisotopic (exact) mass is 392 g/mol. The van der Waals surface area contributed by atoms with Crippen LogP contribution in [0.3, 0.4) is 0 Å². The maximum Gasteiger partial charge on any atom is 0.157 e. The molecule has 0 amide bonds.